The molecule has 0 saturated heterocycles. The minimum atomic E-state index is -2.05. The van der Waals surface area contributed by atoms with E-state index < -0.39 is 16.5 Å². The molecule has 12 heteroatoms. The molecule has 6 aromatic rings. The van der Waals surface area contributed by atoms with Crippen molar-refractivity contribution in [2.24, 2.45) is 0 Å². The molecule has 326 valence electrons. The third-order valence-corrected chi connectivity index (χ3v) is 11.9. The molecule has 0 radical (unpaired) electrons. The van der Waals surface area contributed by atoms with Gasteiger partial charge in [0.25, 0.3) is 0 Å². The molecule has 0 amide bonds. The van der Waals surface area contributed by atoms with Crippen LogP contribution in [0.2, 0.25) is 0 Å². The quantitative estimate of drug-likeness (QED) is 0.144. The van der Waals surface area contributed by atoms with E-state index in [0.717, 1.165) is 55.1 Å². The molecule has 0 bridgehead atoms. The maximum absolute atomic E-state index is 6.80. The van der Waals surface area contributed by atoms with E-state index in [2.05, 4.69) is 102 Å². The molecular weight excluding hydrogens is 786 g/mol. The van der Waals surface area contributed by atoms with Crippen molar-refractivity contribution in [3.8, 4) is 17.2 Å². The molecule has 6 rings (SSSR count). The van der Waals surface area contributed by atoms with E-state index in [0.29, 0.717) is 33.8 Å². The van der Waals surface area contributed by atoms with Crippen molar-refractivity contribution in [2.45, 2.75) is 127 Å². The van der Waals surface area contributed by atoms with E-state index in [9.17, 15) is 0 Å². The summed E-state index contributed by atoms with van der Waals surface area (Å²) in [5.74, 6) is 2.16. The van der Waals surface area contributed by atoms with Gasteiger partial charge in [0, 0.05) is 43.8 Å². The number of hydrogen-bond donors (Lipinski definition) is 0. The van der Waals surface area contributed by atoms with Gasteiger partial charge in [-0.2, -0.15) is 0 Å². The first kappa shape index (κ1) is 49.3. The molecule has 59 heavy (non-hydrogen) atoms. The van der Waals surface area contributed by atoms with E-state index in [1.165, 1.54) is 0 Å². The first-order chi connectivity index (χ1) is 26.0. The largest absolute Gasteiger partial charge is 0.497 e. The van der Waals surface area contributed by atoms with E-state index in [-0.39, 0.29) is 48.8 Å². The van der Waals surface area contributed by atoms with Gasteiger partial charge in [0.15, 0.2) is 6.79 Å². The smallest absolute Gasteiger partial charge is 0.389 e. The van der Waals surface area contributed by atoms with Crippen LogP contribution in [0.4, 0.5) is 0 Å². The molecule has 2 heterocycles. The maximum atomic E-state index is 6.80. The Morgan fingerprint density at radius 3 is 0.932 bits per heavy atom. The van der Waals surface area contributed by atoms with Crippen LogP contribution in [0.3, 0.4) is 0 Å². The maximum Gasteiger partial charge on any atom is 0.389 e. The summed E-state index contributed by atoms with van der Waals surface area (Å²) in [6, 6.07) is 16.4. The predicted octanol–water partition coefficient (Wildman–Crippen LogP) is 14.4. The summed E-state index contributed by atoms with van der Waals surface area (Å²) in [6.45, 7) is 27.7. The molecule has 10 nitrogen and oxygen atoms in total. The Balaban J connectivity index is 0.00000310. The number of methoxy groups -OCH3 is 3. The first-order valence-corrected chi connectivity index (χ1v) is 21.1. The van der Waals surface area contributed by atoms with Crippen LogP contribution in [0.1, 0.15) is 126 Å². The van der Waals surface area contributed by atoms with Crippen LogP contribution >= 0.6 is 16.5 Å². The van der Waals surface area contributed by atoms with Crippen molar-refractivity contribution < 1.29 is 45.5 Å². The van der Waals surface area contributed by atoms with Gasteiger partial charge in [0.1, 0.15) is 39.6 Å². The fourth-order valence-electron chi connectivity index (χ4n) is 6.91. The minimum absolute atomic E-state index is 0. The summed E-state index contributed by atoms with van der Waals surface area (Å²) in [7, 11) is 0.958. The van der Waals surface area contributed by atoms with Gasteiger partial charge in [-0.1, -0.05) is 104 Å². The third kappa shape index (κ3) is 10.1. The Kier molecular flexibility index (Phi) is 15.0. The summed E-state index contributed by atoms with van der Waals surface area (Å²) in [6.07, 6.45) is 0. The molecule has 0 spiro atoms. The fraction of sp³-hybridized carbons (Fsp3) is 0.489. The summed E-state index contributed by atoms with van der Waals surface area (Å²) < 4.78 is 57.6. The molecule has 2 N–H and O–H groups in total. The molecular formula is C47H68O10P2. The standard InChI is InChI=1S/C45H58O9P2.2CH4.H2O/c1-26-17-30-31-19-27(46-14)22-35(43(5,6)7)39(31)52-55(51-38(30)34(18-26)42(2,3)4)49-25-50-56-53-40-32(20-28(47-15)23-36(40)44(8,9)10)33-21-29(48-16)24-37(41(33)54-56)45(11,12)13;;;/h17-24H,25H2,1-16H3;2*1H4;1H2. The van der Waals surface area contributed by atoms with Gasteiger partial charge in [-0.15, -0.1) is 0 Å². The van der Waals surface area contributed by atoms with Gasteiger partial charge in [-0.05, 0) is 76.6 Å². The zero-order valence-corrected chi connectivity index (χ0v) is 38.2. The molecule has 0 saturated carbocycles. The lowest BCUT2D eigenvalue weighted by Gasteiger charge is -2.21. The second-order valence-electron chi connectivity index (χ2n) is 18.5. The summed E-state index contributed by atoms with van der Waals surface area (Å²) in [4.78, 5) is 0. The molecule has 2 aromatic heterocycles. The molecule has 0 aliphatic heterocycles. The Labute approximate surface area is 353 Å². The second kappa shape index (κ2) is 17.9. The SMILES string of the molecule is C.C.COc1cc(C(C)(C)C)c2op(OCOp3oc4c(C(C)(C)C)cc(OC)cc4c4cc(OC)cc(C(C)(C)C)c4o3)oc3c(C(C)(C)C)cc(C)cc3c2c1.O. The molecule has 0 aliphatic carbocycles. The van der Waals surface area contributed by atoms with Gasteiger partial charge >= 0.3 is 16.5 Å². The van der Waals surface area contributed by atoms with E-state index >= 15 is 0 Å². The fourth-order valence-corrected chi connectivity index (χ4v) is 8.94. The van der Waals surface area contributed by atoms with Crippen molar-refractivity contribution in [3.63, 3.8) is 0 Å². The highest BCUT2D eigenvalue weighted by atomic mass is 31.1. The van der Waals surface area contributed by atoms with Crippen LogP contribution in [-0.4, -0.2) is 33.6 Å². The Morgan fingerprint density at radius 1 is 0.424 bits per heavy atom. The molecule has 0 aliphatic rings. The first-order valence-electron chi connectivity index (χ1n) is 18.9. The molecule has 4 aromatic carbocycles. The van der Waals surface area contributed by atoms with Crippen molar-refractivity contribution in [2.75, 3.05) is 28.1 Å². The third-order valence-electron chi connectivity index (χ3n) is 9.92. The minimum Gasteiger partial charge on any atom is -0.497 e. The number of benzene rings is 4. The summed E-state index contributed by atoms with van der Waals surface area (Å²) in [5.41, 5.74) is 6.59. The lowest BCUT2D eigenvalue weighted by Crippen LogP contribution is -2.12. The lowest BCUT2D eigenvalue weighted by atomic mass is 9.83. The van der Waals surface area contributed by atoms with Crippen LogP contribution in [0.15, 0.2) is 65.3 Å². The van der Waals surface area contributed by atoms with Crippen molar-refractivity contribution in [1.29, 1.82) is 0 Å². The van der Waals surface area contributed by atoms with E-state index in [1.807, 2.05) is 36.4 Å². The van der Waals surface area contributed by atoms with Gasteiger partial charge in [0.2, 0.25) is 0 Å². The Morgan fingerprint density at radius 2 is 0.678 bits per heavy atom. The van der Waals surface area contributed by atoms with E-state index in [1.54, 1.807) is 21.3 Å². The highest BCUT2D eigenvalue weighted by Gasteiger charge is 2.28. The number of aryl methyl sites for hydroxylation is 1. The van der Waals surface area contributed by atoms with Gasteiger partial charge < -0.3 is 36.5 Å². The van der Waals surface area contributed by atoms with Crippen LogP contribution < -0.4 is 23.3 Å². The van der Waals surface area contributed by atoms with Crippen molar-refractivity contribution in [3.05, 3.63) is 76.3 Å². The molecule has 1 unspecified atom stereocenters. The average molecular weight is 855 g/mol. The summed E-state index contributed by atoms with van der Waals surface area (Å²) >= 11 is 0. The monoisotopic (exact) mass is 854 g/mol. The zero-order valence-electron chi connectivity index (χ0n) is 36.4. The van der Waals surface area contributed by atoms with Crippen molar-refractivity contribution >= 4 is 60.4 Å². The molecule has 1 atom stereocenters. The number of fused-ring (bicyclic) bond motifs is 6. The van der Waals surface area contributed by atoms with Crippen LogP contribution in [0, 0.1) is 6.92 Å². The van der Waals surface area contributed by atoms with Crippen molar-refractivity contribution in [1.82, 2.24) is 0 Å². The number of ether oxygens (including phenoxy) is 3. The van der Waals surface area contributed by atoms with Crippen LogP contribution in [0.5, 0.6) is 17.2 Å². The van der Waals surface area contributed by atoms with Gasteiger partial charge in [-0.3, -0.25) is 0 Å². The van der Waals surface area contributed by atoms with Crippen LogP contribution in [0.25, 0.3) is 43.9 Å². The average Bonchev–Trinajstić information content (AvgIpc) is 3.35. The number of hydrogen-bond acceptors (Lipinski definition) is 9. The highest BCUT2D eigenvalue weighted by molar-refractivity contribution is 7.32. The summed E-state index contributed by atoms with van der Waals surface area (Å²) in [5, 5.41) is 3.46. The van der Waals surface area contributed by atoms with E-state index in [4.69, 9.17) is 40.0 Å². The zero-order chi connectivity index (χ0) is 41.1. The second-order valence-corrected chi connectivity index (χ2v) is 20.7. The lowest BCUT2D eigenvalue weighted by molar-refractivity contribution is 0.195. The normalized spacial score (nSPS) is 12.5. The topological polar surface area (TPSA) is 130 Å². The molecule has 0 fully saturated rings. The Hall–Kier alpha value is -4.04. The predicted molar refractivity (Wildman–Crippen MR) is 247 cm³/mol. The van der Waals surface area contributed by atoms with Gasteiger partial charge in [0.05, 0.1) is 21.3 Å². The van der Waals surface area contributed by atoms with Crippen LogP contribution in [-0.2, 0) is 21.7 Å². The number of rotatable bonds is 7. The highest BCUT2D eigenvalue weighted by Crippen LogP contribution is 2.46. The van der Waals surface area contributed by atoms with Gasteiger partial charge in [-0.25, -0.2) is 9.05 Å². The Bertz CT molecular complexity index is 2440.